The molecule has 0 atom stereocenters. The number of nitrogens with zero attached hydrogens (tertiary/aromatic N) is 3. The van der Waals surface area contributed by atoms with Crippen LogP contribution in [0.25, 0.3) is 0 Å². The fourth-order valence-corrected chi connectivity index (χ4v) is 2.89. The first kappa shape index (κ1) is 16.4. The molecule has 1 fully saturated rings. The Labute approximate surface area is 142 Å². The molecular weight excluding hydrogens is 304 g/mol. The van der Waals surface area contributed by atoms with Crippen molar-refractivity contribution in [2.24, 2.45) is 0 Å². The van der Waals surface area contributed by atoms with Crippen molar-refractivity contribution in [2.45, 2.75) is 19.3 Å². The lowest BCUT2D eigenvalue weighted by molar-refractivity contribution is 0.354. The molecule has 1 aliphatic heterocycles. The van der Waals surface area contributed by atoms with Crippen molar-refractivity contribution in [3.8, 4) is 11.5 Å². The highest BCUT2D eigenvalue weighted by atomic mass is 16.5. The van der Waals surface area contributed by atoms with Gasteiger partial charge in [-0.3, -0.25) is 0 Å². The standard InChI is InChI=1S/C18H24N4O2/c1-23-15-6-5-14(13-16(15)24-2)7-9-19-17-8-10-20-18(21-17)22-11-3-4-12-22/h5-6,8,10,13H,3-4,7,9,11-12H2,1-2H3,(H,19,20,21). The minimum atomic E-state index is 0.750. The summed E-state index contributed by atoms with van der Waals surface area (Å²) in [4.78, 5) is 11.2. The zero-order valence-electron chi connectivity index (χ0n) is 14.3. The highest BCUT2D eigenvalue weighted by Gasteiger charge is 2.14. The summed E-state index contributed by atoms with van der Waals surface area (Å²) in [5.41, 5.74) is 1.19. The second kappa shape index (κ2) is 7.86. The van der Waals surface area contributed by atoms with Gasteiger partial charge in [-0.15, -0.1) is 0 Å². The normalized spacial score (nSPS) is 13.8. The van der Waals surface area contributed by atoms with Crippen LogP contribution in [0.1, 0.15) is 18.4 Å². The Morgan fingerprint density at radius 2 is 1.88 bits per heavy atom. The molecule has 6 heteroatoms. The van der Waals surface area contributed by atoms with Crippen molar-refractivity contribution in [2.75, 3.05) is 44.1 Å². The van der Waals surface area contributed by atoms with Crippen LogP contribution >= 0.6 is 0 Å². The highest BCUT2D eigenvalue weighted by Crippen LogP contribution is 2.27. The molecule has 1 aliphatic rings. The second-order valence-corrected chi connectivity index (χ2v) is 5.80. The van der Waals surface area contributed by atoms with Crippen molar-refractivity contribution in [1.82, 2.24) is 9.97 Å². The van der Waals surface area contributed by atoms with Gasteiger partial charge in [0.1, 0.15) is 5.82 Å². The summed E-state index contributed by atoms with van der Waals surface area (Å²) >= 11 is 0. The SMILES string of the molecule is COc1ccc(CCNc2ccnc(N3CCCC3)n2)cc1OC. The molecule has 1 aromatic carbocycles. The maximum atomic E-state index is 5.34. The van der Waals surface area contributed by atoms with Crippen LogP contribution in [0.3, 0.4) is 0 Å². The fraction of sp³-hybridized carbons (Fsp3) is 0.444. The number of methoxy groups -OCH3 is 2. The average molecular weight is 328 g/mol. The van der Waals surface area contributed by atoms with E-state index < -0.39 is 0 Å². The summed E-state index contributed by atoms with van der Waals surface area (Å²) in [6, 6.07) is 7.91. The largest absolute Gasteiger partial charge is 0.493 e. The lowest BCUT2D eigenvalue weighted by atomic mass is 10.1. The summed E-state index contributed by atoms with van der Waals surface area (Å²) in [6.45, 7) is 2.90. The predicted octanol–water partition coefficient (Wildman–Crippen LogP) is 2.75. The Balaban J connectivity index is 1.57. The van der Waals surface area contributed by atoms with E-state index in [2.05, 4.69) is 26.3 Å². The molecule has 1 N–H and O–H groups in total. The fourth-order valence-electron chi connectivity index (χ4n) is 2.89. The smallest absolute Gasteiger partial charge is 0.227 e. The van der Waals surface area contributed by atoms with E-state index in [-0.39, 0.29) is 0 Å². The maximum absolute atomic E-state index is 5.34. The Kier molecular flexibility index (Phi) is 5.36. The van der Waals surface area contributed by atoms with Crippen LogP contribution in [-0.2, 0) is 6.42 Å². The van der Waals surface area contributed by atoms with Gasteiger partial charge in [0.25, 0.3) is 0 Å². The van der Waals surface area contributed by atoms with E-state index in [1.807, 2.05) is 24.4 Å². The van der Waals surface area contributed by atoms with Crippen molar-refractivity contribution in [3.05, 3.63) is 36.0 Å². The molecule has 3 rings (SSSR count). The molecule has 0 bridgehead atoms. The van der Waals surface area contributed by atoms with Crippen LogP contribution in [0, 0.1) is 0 Å². The van der Waals surface area contributed by atoms with Crippen LogP contribution in [0.2, 0.25) is 0 Å². The summed E-state index contributed by atoms with van der Waals surface area (Å²) in [5, 5.41) is 3.37. The quantitative estimate of drug-likeness (QED) is 0.843. The Morgan fingerprint density at radius 1 is 1.08 bits per heavy atom. The molecule has 0 spiro atoms. The highest BCUT2D eigenvalue weighted by molar-refractivity contribution is 5.44. The van der Waals surface area contributed by atoms with Gasteiger partial charge in [0.15, 0.2) is 11.5 Å². The number of anilines is 2. The summed E-state index contributed by atoms with van der Waals surface area (Å²) in [6.07, 6.45) is 5.14. The molecule has 1 aromatic heterocycles. The van der Waals surface area contributed by atoms with Crippen molar-refractivity contribution >= 4 is 11.8 Å². The van der Waals surface area contributed by atoms with E-state index in [0.29, 0.717) is 0 Å². The lowest BCUT2D eigenvalue weighted by Gasteiger charge is -2.15. The van der Waals surface area contributed by atoms with Gasteiger partial charge >= 0.3 is 0 Å². The molecule has 0 aliphatic carbocycles. The minimum Gasteiger partial charge on any atom is -0.493 e. The van der Waals surface area contributed by atoms with E-state index in [9.17, 15) is 0 Å². The molecule has 0 saturated carbocycles. The lowest BCUT2D eigenvalue weighted by Crippen LogP contribution is -2.20. The van der Waals surface area contributed by atoms with Gasteiger partial charge in [-0.25, -0.2) is 4.98 Å². The average Bonchev–Trinajstić information content (AvgIpc) is 3.16. The van der Waals surface area contributed by atoms with E-state index >= 15 is 0 Å². The van der Waals surface area contributed by atoms with Crippen LogP contribution < -0.4 is 19.7 Å². The van der Waals surface area contributed by atoms with Gasteiger partial charge in [-0.2, -0.15) is 4.98 Å². The van der Waals surface area contributed by atoms with Crippen LogP contribution in [0.15, 0.2) is 30.5 Å². The molecule has 2 heterocycles. The molecule has 0 amide bonds. The molecule has 24 heavy (non-hydrogen) atoms. The Bertz CT molecular complexity index is 672. The molecule has 0 radical (unpaired) electrons. The summed E-state index contributed by atoms with van der Waals surface area (Å²) < 4.78 is 10.6. The van der Waals surface area contributed by atoms with Crippen molar-refractivity contribution in [1.29, 1.82) is 0 Å². The monoisotopic (exact) mass is 328 g/mol. The number of nitrogens with one attached hydrogen (secondary N) is 1. The second-order valence-electron chi connectivity index (χ2n) is 5.80. The zero-order chi connectivity index (χ0) is 16.8. The summed E-state index contributed by atoms with van der Waals surface area (Å²) in [5.74, 6) is 3.20. The molecule has 1 saturated heterocycles. The number of aromatic nitrogens is 2. The van der Waals surface area contributed by atoms with Gasteiger partial charge in [0, 0.05) is 25.8 Å². The van der Waals surface area contributed by atoms with Gasteiger partial charge in [-0.05, 0) is 43.0 Å². The first-order chi connectivity index (χ1) is 11.8. The zero-order valence-corrected chi connectivity index (χ0v) is 14.3. The number of rotatable bonds is 7. The van der Waals surface area contributed by atoms with Gasteiger partial charge in [-0.1, -0.05) is 6.07 Å². The first-order valence-corrected chi connectivity index (χ1v) is 8.33. The molecule has 2 aromatic rings. The molecule has 128 valence electrons. The number of benzene rings is 1. The molecule has 0 unspecified atom stereocenters. The van der Waals surface area contributed by atoms with Crippen molar-refractivity contribution < 1.29 is 9.47 Å². The van der Waals surface area contributed by atoms with E-state index in [1.165, 1.54) is 18.4 Å². The molecule has 6 nitrogen and oxygen atoms in total. The minimum absolute atomic E-state index is 0.750. The van der Waals surface area contributed by atoms with Crippen LogP contribution in [0.5, 0.6) is 11.5 Å². The van der Waals surface area contributed by atoms with Gasteiger partial charge in [0.2, 0.25) is 5.95 Å². The Morgan fingerprint density at radius 3 is 2.62 bits per heavy atom. The number of ether oxygens (including phenoxy) is 2. The van der Waals surface area contributed by atoms with E-state index in [4.69, 9.17) is 9.47 Å². The first-order valence-electron chi connectivity index (χ1n) is 8.33. The summed E-state index contributed by atoms with van der Waals surface area (Å²) in [7, 11) is 3.30. The third kappa shape index (κ3) is 3.88. The van der Waals surface area contributed by atoms with Gasteiger partial charge < -0.3 is 19.7 Å². The Hall–Kier alpha value is -2.50. The van der Waals surface area contributed by atoms with Crippen LogP contribution in [0.4, 0.5) is 11.8 Å². The third-order valence-corrected chi connectivity index (χ3v) is 4.20. The van der Waals surface area contributed by atoms with E-state index in [1.54, 1.807) is 14.2 Å². The maximum Gasteiger partial charge on any atom is 0.227 e. The number of hydrogen-bond donors (Lipinski definition) is 1. The van der Waals surface area contributed by atoms with E-state index in [0.717, 1.165) is 49.3 Å². The van der Waals surface area contributed by atoms with Crippen LogP contribution in [-0.4, -0.2) is 43.8 Å². The predicted molar refractivity (Wildman–Crippen MR) is 95.2 cm³/mol. The van der Waals surface area contributed by atoms with Gasteiger partial charge in [0.05, 0.1) is 14.2 Å². The topological polar surface area (TPSA) is 59.5 Å². The van der Waals surface area contributed by atoms with Crippen molar-refractivity contribution in [3.63, 3.8) is 0 Å². The number of hydrogen-bond acceptors (Lipinski definition) is 6. The third-order valence-electron chi connectivity index (χ3n) is 4.20. The molecular formula is C18H24N4O2.